The number of non-ortho nitro benzene ring substituents is 1. The molecule has 0 atom stereocenters. The molecule has 1 amide bonds. The highest BCUT2D eigenvalue weighted by Gasteiger charge is 2.09. The Kier molecular flexibility index (Phi) is 6.21. The van der Waals surface area contributed by atoms with Crippen molar-refractivity contribution in [1.82, 2.24) is 5.32 Å². The highest BCUT2D eigenvalue weighted by atomic mass is 35.5. The molecule has 0 spiro atoms. The third-order valence-corrected chi connectivity index (χ3v) is 3.77. The number of amides is 1. The predicted octanol–water partition coefficient (Wildman–Crippen LogP) is 4.08. The topological polar surface area (TPSA) is 84.3 Å². The molecule has 0 aromatic heterocycles. The summed E-state index contributed by atoms with van der Waals surface area (Å²) in [6.07, 6.45) is 2.90. The minimum absolute atomic E-state index is 0.0133. The predicted molar refractivity (Wildman–Crippen MR) is 103 cm³/mol. The average molecular weight is 376 g/mol. The Balaban J connectivity index is 1.97. The van der Waals surface area contributed by atoms with Crippen molar-refractivity contribution in [2.75, 3.05) is 5.32 Å². The van der Waals surface area contributed by atoms with Gasteiger partial charge in [-0.2, -0.15) is 0 Å². The summed E-state index contributed by atoms with van der Waals surface area (Å²) < 4.78 is 0. The van der Waals surface area contributed by atoms with Crippen LogP contribution in [0.1, 0.15) is 11.1 Å². The summed E-state index contributed by atoms with van der Waals surface area (Å²) in [6, 6.07) is 11.4. The second-order valence-electron chi connectivity index (χ2n) is 5.05. The van der Waals surface area contributed by atoms with Gasteiger partial charge in [-0.3, -0.25) is 20.2 Å². The number of hydrogen-bond acceptors (Lipinski definition) is 4. The molecule has 0 fully saturated rings. The number of carbonyl (C=O) groups excluding carboxylic acids is 1. The molecule has 0 heterocycles. The molecule has 2 aromatic carbocycles. The number of nitrogens with zero attached hydrogens (tertiary/aromatic N) is 1. The fourth-order valence-corrected chi connectivity index (χ4v) is 2.39. The van der Waals surface area contributed by atoms with E-state index in [1.807, 2.05) is 6.07 Å². The van der Waals surface area contributed by atoms with E-state index < -0.39 is 10.8 Å². The number of thiocarbonyl (C=S) groups is 1. The number of hydrogen-bond donors (Lipinski definition) is 2. The lowest BCUT2D eigenvalue weighted by Crippen LogP contribution is -2.33. The highest BCUT2D eigenvalue weighted by molar-refractivity contribution is 7.80. The summed E-state index contributed by atoms with van der Waals surface area (Å²) in [6.45, 7) is 1.71. The number of nitro benzene ring substituents is 1. The molecule has 2 N–H and O–H groups in total. The van der Waals surface area contributed by atoms with Crippen molar-refractivity contribution in [3.63, 3.8) is 0 Å². The molecule has 0 radical (unpaired) electrons. The average Bonchev–Trinajstić information content (AvgIpc) is 2.55. The van der Waals surface area contributed by atoms with Gasteiger partial charge in [-0.1, -0.05) is 29.8 Å². The van der Waals surface area contributed by atoms with Gasteiger partial charge in [0, 0.05) is 28.9 Å². The van der Waals surface area contributed by atoms with Crippen LogP contribution in [0.4, 0.5) is 11.4 Å². The molecule has 2 aromatic rings. The molecule has 2 rings (SSSR count). The Morgan fingerprint density at radius 2 is 2.00 bits per heavy atom. The van der Waals surface area contributed by atoms with E-state index in [2.05, 4.69) is 10.6 Å². The minimum atomic E-state index is -0.476. The van der Waals surface area contributed by atoms with E-state index in [0.29, 0.717) is 21.8 Å². The number of halogens is 1. The molecule has 0 unspecified atom stereocenters. The van der Waals surface area contributed by atoms with Crippen molar-refractivity contribution >= 4 is 52.3 Å². The second kappa shape index (κ2) is 8.36. The van der Waals surface area contributed by atoms with Crippen LogP contribution >= 0.6 is 23.8 Å². The van der Waals surface area contributed by atoms with E-state index in [1.165, 1.54) is 24.3 Å². The van der Waals surface area contributed by atoms with Crippen LogP contribution in [-0.4, -0.2) is 15.9 Å². The number of nitro groups is 1. The van der Waals surface area contributed by atoms with Gasteiger partial charge in [0.1, 0.15) is 0 Å². The van der Waals surface area contributed by atoms with Crippen LogP contribution in [0.2, 0.25) is 5.02 Å². The number of nitrogens with one attached hydrogen (secondary N) is 2. The summed E-state index contributed by atoms with van der Waals surface area (Å²) in [5, 5.41) is 16.7. The highest BCUT2D eigenvalue weighted by Crippen LogP contribution is 2.21. The Morgan fingerprint density at radius 1 is 1.28 bits per heavy atom. The fraction of sp³-hybridized carbons (Fsp3) is 0.0588. The number of carbonyl (C=O) groups is 1. The van der Waals surface area contributed by atoms with Gasteiger partial charge in [0.25, 0.3) is 5.69 Å². The molecule has 0 aliphatic heterocycles. The zero-order valence-electron chi connectivity index (χ0n) is 13.2. The third kappa shape index (κ3) is 5.37. The quantitative estimate of drug-likeness (QED) is 0.364. The van der Waals surface area contributed by atoms with E-state index >= 15 is 0 Å². The van der Waals surface area contributed by atoms with E-state index in [4.69, 9.17) is 23.8 Å². The lowest BCUT2D eigenvalue weighted by Gasteiger charge is -2.10. The van der Waals surface area contributed by atoms with Gasteiger partial charge in [0.15, 0.2) is 5.11 Å². The van der Waals surface area contributed by atoms with Crippen LogP contribution in [0.15, 0.2) is 48.5 Å². The van der Waals surface area contributed by atoms with Gasteiger partial charge >= 0.3 is 0 Å². The van der Waals surface area contributed by atoms with E-state index in [0.717, 1.165) is 0 Å². The van der Waals surface area contributed by atoms with Crippen LogP contribution in [0.3, 0.4) is 0 Å². The third-order valence-electron chi connectivity index (χ3n) is 3.23. The minimum Gasteiger partial charge on any atom is -0.332 e. The lowest BCUT2D eigenvalue weighted by molar-refractivity contribution is -0.384. The van der Waals surface area contributed by atoms with Crippen molar-refractivity contribution in [2.45, 2.75) is 6.92 Å². The van der Waals surface area contributed by atoms with Crippen molar-refractivity contribution in [3.05, 3.63) is 74.8 Å². The van der Waals surface area contributed by atoms with Gasteiger partial charge in [-0.15, -0.1) is 0 Å². The maximum atomic E-state index is 11.9. The van der Waals surface area contributed by atoms with Gasteiger partial charge < -0.3 is 5.32 Å². The van der Waals surface area contributed by atoms with E-state index in [-0.39, 0.29) is 10.8 Å². The zero-order valence-corrected chi connectivity index (χ0v) is 14.7. The molecular weight excluding hydrogens is 362 g/mol. The molecule has 25 heavy (non-hydrogen) atoms. The van der Waals surface area contributed by atoms with Crippen molar-refractivity contribution in [3.8, 4) is 0 Å². The molecule has 8 heteroatoms. The Bertz CT molecular complexity index is 868. The SMILES string of the molecule is Cc1cc([N+](=O)[O-])ccc1NC(=S)NC(=O)C=Cc1ccccc1Cl. The van der Waals surface area contributed by atoms with Crippen LogP contribution in [0, 0.1) is 17.0 Å². The molecule has 0 aliphatic rings. The first-order valence-electron chi connectivity index (χ1n) is 7.16. The first-order chi connectivity index (χ1) is 11.9. The molecule has 128 valence electrons. The largest absolute Gasteiger partial charge is 0.332 e. The molecule has 0 saturated carbocycles. The Labute approximate surface area is 154 Å². The summed E-state index contributed by atoms with van der Waals surface area (Å²) in [5.74, 6) is -0.419. The lowest BCUT2D eigenvalue weighted by atomic mass is 10.2. The first kappa shape index (κ1) is 18.6. The smallest absolute Gasteiger partial charge is 0.269 e. The zero-order chi connectivity index (χ0) is 18.4. The van der Waals surface area contributed by atoms with Crippen LogP contribution in [-0.2, 0) is 4.79 Å². The van der Waals surface area contributed by atoms with Gasteiger partial charge in [-0.25, -0.2) is 0 Å². The molecule has 0 aliphatic carbocycles. The number of benzene rings is 2. The fourth-order valence-electron chi connectivity index (χ4n) is 1.98. The maximum Gasteiger partial charge on any atom is 0.269 e. The summed E-state index contributed by atoms with van der Waals surface area (Å²) in [5.41, 5.74) is 1.91. The molecule has 0 saturated heterocycles. The monoisotopic (exact) mass is 375 g/mol. The van der Waals surface area contributed by atoms with Crippen molar-refractivity contribution in [2.24, 2.45) is 0 Å². The Morgan fingerprint density at radius 3 is 2.64 bits per heavy atom. The van der Waals surface area contributed by atoms with Crippen LogP contribution in [0.25, 0.3) is 6.08 Å². The van der Waals surface area contributed by atoms with Gasteiger partial charge in [0.2, 0.25) is 5.91 Å². The summed E-state index contributed by atoms with van der Waals surface area (Å²) in [4.78, 5) is 22.2. The molecule has 6 nitrogen and oxygen atoms in total. The second-order valence-corrected chi connectivity index (χ2v) is 5.87. The summed E-state index contributed by atoms with van der Waals surface area (Å²) in [7, 11) is 0. The van der Waals surface area contributed by atoms with Crippen molar-refractivity contribution < 1.29 is 9.72 Å². The van der Waals surface area contributed by atoms with E-state index in [9.17, 15) is 14.9 Å². The van der Waals surface area contributed by atoms with Gasteiger partial charge in [0.05, 0.1) is 4.92 Å². The number of rotatable bonds is 4. The van der Waals surface area contributed by atoms with Gasteiger partial charge in [-0.05, 0) is 48.5 Å². The number of anilines is 1. The Hall–Kier alpha value is -2.77. The maximum absolute atomic E-state index is 11.9. The standard InChI is InChI=1S/C17H14ClN3O3S/c1-11-10-13(21(23)24)7-8-15(11)19-17(25)20-16(22)9-6-12-4-2-3-5-14(12)18/h2-10H,1H3,(H2,19,20,22,25). The first-order valence-corrected chi connectivity index (χ1v) is 7.95. The van der Waals surface area contributed by atoms with Crippen LogP contribution < -0.4 is 10.6 Å². The van der Waals surface area contributed by atoms with Crippen molar-refractivity contribution in [1.29, 1.82) is 0 Å². The van der Waals surface area contributed by atoms with Crippen LogP contribution in [0.5, 0.6) is 0 Å². The normalized spacial score (nSPS) is 10.5. The molecular formula is C17H14ClN3O3S. The van der Waals surface area contributed by atoms with E-state index in [1.54, 1.807) is 31.2 Å². The summed E-state index contributed by atoms with van der Waals surface area (Å²) >= 11 is 11.1. The number of aryl methyl sites for hydroxylation is 1. The molecule has 0 bridgehead atoms.